The summed E-state index contributed by atoms with van der Waals surface area (Å²) < 4.78 is 12.8. The molecule has 5 heteroatoms. The Morgan fingerprint density at radius 3 is 2.50 bits per heavy atom. The van der Waals surface area contributed by atoms with E-state index in [-0.39, 0.29) is 12.2 Å². The average Bonchev–Trinajstić information content (AvgIpc) is 2.32. The zero-order chi connectivity index (χ0) is 13.1. The molecule has 1 aromatic carbocycles. The van der Waals surface area contributed by atoms with Gasteiger partial charge in [-0.2, -0.15) is 0 Å². The van der Waals surface area contributed by atoms with Crippen molar-refractivity contribution in [1.82, 2.24) is 4.98 Å². The highest BCUT2D eigenvalue weighted by atomic mass is 19.1. The van der Waals surface area contributed by atoms with E-state index in [9.17, 15) is 9.18 Å². The van der Waals surface area contributed by atoms with Crippen molar-refractivity contribution in [2.24, 2.45) is 0 Å². The molecule has 92 valence electrons. The summed E-state index contributed by atoms with van der Waals surface area (Å²) in [5.74, 6) is -1.30. The standard InChI is InChI=1S/C13H11FN2O2/c14-10-3-1-8(2-4-10)9-5-11(15)12(16-7-9)6-13(17)18/h1-5,7H,6,15H2,(H,17,18). The predicted octanol–water partition coefficient (Wildman–Crippen LogP) is 2.10. The quantitative estimate of drug-likeness (QED) is 0.869. The fraction of sp³-hybridized carbons (Fsp3) is 0.0769. The summed E-state index contributed by atoms with van der Waals surface area (Å²) in [5, 5.41) is 8.67. The van der Waals surface area contributed by atoms with Crippen LogP contribution in [-0.4, -0.2) is 16.1 Å². The molecule has 1 aromatic heterocycles. The van der Waals surface area contributed by atoms with Crippen molar-refractivity contribution < 1.29 is 14.3 Å². The van der Waals surface area contributed by atoms with Gasteiger partial charge in [0.1, 0.15) is 5.82 Å². The molecule has 3 N–H and O–H groups in total. The number of nitrogen functional groups attached to an aromatic ring is 1. The van der Waals surface area contributed by atoms with E-state index in [0.29, 0.717) is 11.4 Å². The molecule has 0 saturated heterocycles. The molecular weight excluding hydrogens is 235 g/mol. The molecule has 0 aliphatic carbocycles. The summed E-state index contributed by atoms with van der Waals surface area (Å²) in [6, 6.07) is 7.55. The zero-order valence-corrected chi connectivity index (χ0v) is 9.43. The second-order valence-corrected chi connectivity index (χ2v) is 3.84. The molecule has 0 spiro atoms. The molecule has 0 radical (unpaired) electrons. The third-order valence-corrected chi connectivity index (χ3v) is 2.50. The van der Waals surface area contributed by atoms with Crippen LogP contribution in [-0.2, 0) is 11.2 Å². The van der Waals surface area contributed by atoms with E-state index in [4.69, 9.17) is 10.8 Å². The number of hydrogen-bond acceptors (Lipinski definition) is 3. The van der Waals surface area contributed by atoms with Crippen LogP contribution < -0.4 is 5.73 Å². The number of aromatic nitrogens is 1. The van der Waals surface area contributed by atoms with Gasteiger partial charge >= 0.3 is 5.97 Å². The maximum Gasteiger partial charge on any atom is 0.309 e. The van der Waals surface area contributed by atoms with Crippen LogP contribution in [0, 0.1) is 5.82 Å². The molecule has 0 atom stereocenters. The van der Waals surface area contributed by atoms with Crippen molar-refractivity contribution in [3.05, 3.63) is 48.0 Å². The first-order valence-corrected chi connectivity index (χ1v) is 5.28. The number of rotatable bonds is 3. The van der Waals surface area contributed by atoms with Crippen LogP contribution in [0.4, 0.5) is 10.1 Å². The van der Waals surface area contributed by atoms with Crippen molar-refractivity contribution in [3.63, 3.8) is 0 Å². The number of hydrogen-bond donors (Lipinski definition) is 2. The van der Waals surface area contributed by atoms with Gasteiger partial charge in [-0.1, -0.05) is 12.1 Å². The van der Waals surface area contributed by atoms with Crippen molar-refractivity contribution in [3.8, 4) is 11.1 Å². The van der Waals surface area contributed by atoms with E-state index in [2.05, 4.69) is 4.98 Å². The SMILES string of the molecule is Nc1cc(-c2ccc(F)cc2)cnc1CC(=O)O. The second-order valence-electron chi connectivity index (χ2n) is 3.84. The predicted molar refractivity (Wildman–Crippen MR) is 65.4 cm³/mol. The fourth-order valence-corrected chi connectivity index (χ4v) is 1.60. The normalized spacial score (nSPS) is 10.3. The number of nitrogens with zero attached hydrogens (tertiary/aromatic N) is 1. The third kappa shape index (κ3) is 2.63. The number of pyridine rings is 1. The van der Waals surface area contributed by atoms with Crippen molar-refractivity contribution in [2.45, 2.75) is 6.42 Å². The number of aliphatic carboxylic acids is 1. The van der Waals surface area contributed by atoms with Crippen LogP contribution in [0.1, 0.15) is 5.69 Å². The highest BCUT2D eigenvalue weighted by Crippen LogP contribution is 2.22. The summed E-state index contributed by atoms with van der Waals surface area (Å²) in [4.78, 5) is 14.6. The fourth-order valence-electron chi connectivity index (χ4n) is 1.60. The topological polar surface area (TPSA) is 76.2 Å². The molecule has 18 heavy (non-hydrogen) atoms. The van der Waals surface area contributed by atoms with Gasteiger partial charge in [-0.05, 0) is 23.8 Å². The number of halogens is 1. The minimum Gasteiger partial charge on any atom is -0.481 e. The molecule has 0 unspecified atom stereocenters. The Hall–Kier alpha value is -2.43. The Morgan fingerprint density at radius 2 is 1.94 bits per heavy atom. The van der Waals surface area contributed by atoms with Crippen LogP contribution in [0.15, 0.2) is 36.5 Å². The average molecular weight is 246 g/mol. The first kappa shape index (κ1) is 12.0. The maximum absolute atomic E-state index is 12.8. The highest BCUT2D eigenvalue weighted by Gasteiger charge is 2.08. The van der Waals surface area contributed by atoms with Gasteiger partial charge in [0.05, 0.1) is 17.8 Å². The Kier molecular flexibility index (Phi) is 3.23. The van der Waals surface area contributed by atoms with Gasteiger partial charge in [-0.15, -0.1) is 0 Å². The van der Waals surface area contributed by atoms with E-state index in [0.717, 1.165) is 11.1 Å². The maximum atomic E-state index is 12.8. The second kappa shape index (κ2) is 4.83. The van der Waals surface area contributed by atoms with E-state index in [1.165, 1.54) is 18.3 Å². The zero-order valence-electron chi connectivity index (χ0n) is 9.43. The number of nitrogens with two attached hydrogens (primary N) is 1. The molecular formula is C13H11FN2O2. The minimum absolute atomic E-state index is 0.213. The molecule has 0 fully saturated rings. The van der Waals surface area contributed by atoms with Crippen LogP contribution >= 0.6 is 0 Å². The van der Waals surface area contributed by atoms with E-state index >= 15 is 0 Å². The van der Waals surface area contributed by atoms with Crippen molar-refractivity contribution in [1.29, 1.82) is 0 Å². The minimum atomic E-state index is -0.983. The van der Waals surface area contributed by atoms with Crippen LogP contribution in [0.3, 0.4) is 0 Å². The summed E-state index contributed by atoms with van der Waals surface area (Å²) in [7, 11) is 0. The molecule has 0 saturated carbocycles. The van der Waals surface area contributed by atoms with E-state index < -0.39 is 5.97 Å². The number of anilines is 1. The Bertz CT molecular complexity index is 582. The van der Waals surface area contributed by atoms with E-state index in [1.807, 2.05) is 0 Å². The lowest BCUT2D eigenvalue weighted by Crippen LogP contribution is -2.06. The largest absolute Gasteiger partial charge is 0.481 e. The molecule has 1 heterocycles. The smallest absolute Gasteiger partial charge is 0.309 e. The van der Waals surface area contributed by atoms with Crippen LogP contribution in [0.5, 0.6) is 0 Å². The van der Waals surface area contributed by atoms with Gasteiger partial charge in [0.25, 0.3) is 0 Å². The Labute approximate surface area is 103 Å². The summed E-state index contributed by atoms with van der Waals surface area (Å²) in [5.41, 5.74) is 7.88. The van der Waals surface area contributed by atoms with Gasteiger partial charge in [0.15, 0.2) is 0 Å². The molecule has 4 nitrogen and oxygen atoms in total. The van der Waals surface area contributed by atoms with Crippen molar-refractivity contribution in [2.75, 3.05) is 5.73 Å². The lowest BCUT2D eigenvalue weighted by molar-refractivity contribution is -0.136. The van der Waals surface area contributed by atoms with Crippen LogP contribution in [0.25, 0.3) is 11.1 Å². The Balaban J connectivity index is 2.33. The van der Waals surface area contributed by atoms with Gasteiger partial charge in [0.2, 0.25) is 0 Å². The molecule has 0 aliphatic rings. The number of carboxylic acids is 1. The summed E-state index contributed by atoms with van der Waals surface area (Å²) in [6.07, 6.45) is 1.32. The highest BCUT2D eigenvalue weighted by molar-refractivity contribution is 5.74. The first-order chi connectivity index (χ1) is 8.56. The lowest BCUT2D eigenvalue weighted by Gasteiger charge is -2.06. The monoisotopic (exact) mass is 246 g/mol. The van der Waals surface area contributed by atoms with E-state index in [1.54, 1.807) is 18.2 Å². The van der Waals surface area contributed by atoms with Gasteiger partial charge < -0.3 is 10.8 Å². The molecule has 0 amide bonds. The number of carbonyl (C=O) groups is 1. The summed E-state index contributed by atoms with van der Waals surface area (Å²) >= 11 is 0. The molecule has 2 aromatic rings. The molecule has 0 aliphatic heterocycles. The number of carboxylic acid groups (broad SMARTS) is 1. The van der Waals surface area contributed by atoms with Crippen LogP contribution in [0.2, 0.25) is 0 Å². The van der Waals surface area contributed by atoms with Gasteiger partial charge in [-0.3, -0.25) is 9.78 Å². The third-order valence-electron chi connectivity index (χ3n) is 2.50. The lowest BCUT2D eigenvalue weighted by atomic mass is 10.1. The van der Waals surface area contributed by atoms with Gasteiger partial charge in [-0.25, -0.2) is 4.39 Å². The molecule has 0 bridgehead atoms. The Morgan fingerprint density at radius 1 is 1.28 bits per heavy atom. The van der Waals surface area contributed by atoms with Gasteiger partial charge in [0, 0.05) is 11.8 Å². The summed E-state index contributed by atoms with van der Waals surface area (Å²) in [6.45, 7) is 0. The first-order valence-electron chi connectivity index (χ1n) is 5.28. The van der Waals surface area contributed by atoms with Crippen molar-refractivity contribution >= 4 is 11.7 Å². The number of benzene rings is 1. The molecule has 2 rings (SSSR count).